The largest absolute Gasteiger partial charge is 0.431 e. The van der Waals surface area contributed by atoms with Crippen molar-refractivity contribution < 1.29 is 18.5 Å². The van der Waals surface area contributed by atoms with Gasteiger partial charge in [0.2, 0.25) is 11.7 Å². The highest BCUT2D eigenvalue weighted by Gasteiger charge is 2.20. The Morgan fingerprint density at radius 1 is 1.36 bits per heavy atom. The predicted octanol–water partition coefficient (Wildman–Crippen LogP) is 3.99. The monoisotopic (exact) mass is 361 g/mol. The van der Waals surface area contributed by atoms with Gasteiger partial charge in [-0.25, -0.2) is 4.98 Å². The molecule has 1 heterocycles. The minimum atomic E-state index is -0.961. The van der Waals surface area contributed by atoms with Crippen LogP contribution in [0.4, 0.5) is 15.8 Å². The summed E-state index contributed by atoms with van der Waals surface area (Å²) < 4.78 is 18.9. The molecule has 0 aliphatic carbocycles. The zero-order valence-corrected chi connectivity index (χ0v) is 13.7. The van der Waals surface area contributed by atoms with Crippen LogP contribution in [-0.2, 0) is 4.79 Å². The molecule has 25 heavy (non-hydrogen) atoms. The van der Waals surface area contributed by atoms with E-state index >= 15 is 0 Å². The average molecular weight is 361 g/mol. The molecule has 1 N–H and O–H groups in total. The lowest BCUT2D eigenvalue weighted by atomic mass is 10.2. The number of carbonyl (C=O) groups excluding carboxylic acids is 1. The molecule has 1 unspecified atom stereocenters. The van der Waals surface area contributed by atoms with Gasteiger partial charge in [0.25, 0.3) is 5.22 Å². The first-order valence-corrected chi connectivity index (χ1v) is 8.09. The van der Waals surface area contributed by atoms with Gasteiger partial charge in [-0.1, -0.05) is 23.9 Å². The zero-order chi connectivity index (χ0) is 18.0. The van der Waals surface area contributed by atoms with Gasteiger partial charge in [0.15, 0.2) is 5.58 Å². The average Bonchev–Trinajstić information content (AvgIpc) is 2.98. The summed E-state index contributed by atoms with van der Waals surface area (Å²) in [6, 6.07) is 10.4. The Hall–Kier alpha value is -2.94. The number of nitro groups is 1. The Balaban J connectivity index is 1.70. The molecule has 0 aliphatic heterocycles. The molecule has 0 aliphatic rings. The van der Waals surface area contributed by atoms with E-state index in [4.69, 9.17) is 4.42 Å². The maximum Gasteiger partial charge on any atom is 0.306 e. The molecular weight excluding hydrogens is 349 g/mol. The molecule has 9 heteroatoms. The fraction of sp³-hybridized carbons (Fsp3) is 0.125. The second-order valence-electron chi connectivity index (χ2n) is 5.12. The van der Waals surface area contributed by atoms with Crippen molar-refractivity contribution in [3.05, 3.63) is 58.4 Å². The summed E-state index contributed by atoms with van der Waals surface area (Å²) in [6.45, 7) is 1.65. The maximum atomic E-state index is 13.3. The molecule has 1 aromatic heterocycles. The molecule has 3 rings (SSSR count). The van der Waals surface area contributed by atoms with Crippen LogP contribution in [0.25, 0.3) is 11.1 Å². The van der Waals surface area contributed by atoms with Crippen LogP contribution in [-0.4, -0.2) is 21.1 Å². The van der Waals surface area contributed by atoms with Crippen LogP contribution in [0.5, 0.6) is 0 Å². The molecule has 1 amide bonds. The number of benzene rings is 2. The Morgan fingerprint density at radius 2 is 2.12 bits per heavy atom. The van der Waals surface area contributed by atoms with Crippen LogP contribution in [0.1, 0.15) is 6.92 Å². The number of fused-ring (bicyclic) bond motifs is 1. The minimum absolute atomic E-state index is 0.142. The van der Waals surface area contributed by atoms with E-state index in [0.717, 1.165) is 23.9 Å². The summed E-state index contributed by atoms with van der Waals surface area (Å²) in [5.74, 6) is -1.37. The number of nitrogens with zero attached hydrogens (tertiary/aromatic N) is 2. The number of aromatic nitrogens is 1. The normalized spacial score (nSPS) is 12.1. The van der Waals surface area contributed by atoms with Crippen LogP contribution < -0.4 is 5.32 Å². The molecule has 128 valence electrons. The van der Waals surface area contributed by atoms with Crippen molar-refractivity contribution in [2.45, 2.75) is 17.4 Å². The number of carbonyl (C=O) groups is 1. The molecule has 2 aromatic carbocycles. The van der Waals surface area contributed by atoms with E-state index in [-0.39, 0.29) is 5.69 Å². The van der Waals surface area contributed by atoms with Gasteiger partial charge in [0.05, 0.1) is 10.2 Å². The predicted molar refractivity (Wildman–Crippen MR) is 91.0 cm³/mol. The first-order valence-electron chi connectivity index (χ1n) is 7.21. The van der Waals surface area contributed by atoms with Gasteiger partial charge in [-0.2, -0.15) is 4.39 Å². The van der Waals surface area contributed by atoms with Crippen molar-refractivity contribution in [2.24, 2.45) is 0 Å². The van der Waals surface area contributed by atoms with Crippen LogP contribution in [0.3, 0.4) is 0 Å². The lowest BCUT2D eigenvalue weighted by Crippen LogP contribution is -2.22. The zero-order valence-electron chi connectivity index (χ0n) is 12.9. The number of hydrogen-bond donors (Lipinski definition) is 1. The van der Waals surface area contributed by atoms with Gasteiger partial charge >= 0.3 is 5.69 Å². The van der Waals surface area contributed by atoms with Crippen LogP contribution in [0.15, 0.2) is 52.1 Å². The fourth-order valence-corrected chi connectivity index (χ4v) is 2.84. The van der Waals surface area contributed by atoms with E-state index in [1.807, 2.05) is 12.1 Å². The number of thioether (sulfide) groups is 1. The molecule has 7 nitrogen and oxygen atoms in total. The highest BCUT2D eigenvalue weighted by molar-refractivity contribution is 8.00. The van der Waals surface area contributed by atoms with E-state index in [1.165, 1.54) is 6.07 Å². The van der Waals surface area contributed by atoms with Crippen LogP contribution in [0.2, 0.25) is 0 Å². The van der Waals surface area contributed by atoms with Gasteiger partial charge in [-0.3, -0.25) is 14.9 Å². The van der Waals surface area contributed by atoms with Crippen molar-refractivity contribution in [1.82, 2.24) is 4.98 Å². The molecule has 1 atom stereocenters. The van der Waals surface area contributed by atoms with E-state index in [9.17, 15) is 19.3 Å². The molecule has 3 aromatic rings. The van der Waals surface area contributed by atoms with E-state index in [2.05, 4.69) is 10.3 Å². The van der Waals surface area contributed by atoms with Crippen molar-refractivity contribution in [2.75, 3.05) is 5.32 Å². The summed E-state index contributed by atoms with van der Waals surface area (Å²) in [5.41, 5.74) is 0.749. The number of rotatable bonds is 5. The minimum Gasteiger partial charge on any atom is -0.431 e. The summed E-state index contributed by atoms with van der Waals surface area (Å²) in [7, 11) is 0. The third kappa shape index (κ3) is 3.77. The van der Waals surface area contributed by atoms with E-state index < -0.39 is 27.6 Å². The van der Waals surface area contributed by atoms with Gasteiger partial charge < -0.3 is 9.73 Å². The van der Waals surface area contributed by atoms with Gasteiger partial charge in [0.1, 0.15) is 5.52 Å². The smallest absolute Gasteiger partial charge is 0.306 e. The second kappa shape index (κ2) is 6.89. The fourth-order valence-electron chi connectivity index (χ4n) is 2.08. The highest BCUT2D eigenvalue weighted by Crippen LogP contribution is 2.28. The topological polar surface area (TPSA) is 98.3 Å². The lowest BCUT2D eigenvalue weighted by Gasteiger charge is -2.10. The molecule has 0 saturated heterocycles. The summed E-state index contributed by atoms with van der Waals surface area (Å²) in [6.07, 6.45) is 0. The van der Waals surface area contributed by atoms with Gasteiger partial charge in [0, 0.05) is 11.8 Å². The molecule has 0 radical (unpaired) electrons. The summed E-state index contributed by atoms with van der Waals surface area (Å²) >= 11 is 1.11. The van der Waals surface area contributed by atoms with E-state index in [0.29, 0.717) is 16.3 Å². The maximum absolute atomic E-state index is 13.3. The second-order valence-corrected chi connectivity index (χ2v) is 6.41. The quantitative estimate of drug-likeness (QED) is 0.419. The van der Waals surface area contributed by atoms with Gasteiger partial charge in [-0.05, 0) is 31.2 Å². The van der Waals surface area contributed by atoms with Crippen molar-refractivity contribution in [3.63, 3.8) is 0 Å². The SMILES string of the molecule is CC(Sc1nc2ccccc2o1)C(=O)Nc1ccc(F)c([N+](=O)[O-])c1. The lowest BCUT2D eigenvalue weighted by molar-refractivity contribution is -0.387. The van der Waals surface area contributed by atoms with E-state index in [1.54, 1.807) is 19.1 Å². The van der Waals surface area contributed by atoms with Gasteiger partial charge in [-0.15, -0.1) is 0 Å². The number of nitro benzene ring substituents is 1. The van der Waals surface area contributed by atoms with Crippen molar-refractivity contribution >= 4 is 40.1 Å². The number of anilines is 1. The van der Waals surface area contributed by atoms with Crippen LogP contribution in [0, 0.1) is 15.9 Å². The number of oxazole rings is 1. The Morgan fingerprint density at radius 3 is 2.84 bits per heavy atom. The first kappa shape index (κ1) is 16.9. The number of hydrogen-bond acceptors (Lipinski definition) is 6. The highest BCUT2D eigenvalue weighted by atomic mass is 32.2. The Kier molecular flexibility index (Phi) is 4.66. The molecule has 0 bridgehead atoms. The molecule has 0 fully saturated rings. The van der Waals surface area contributed by atoms with Crippen LogP contribution >= 0.6 is 11.8 Å². The third-order valence-corrected chi connectivity index (χ3v) is 4.28. The van der Waals surface area contributed by atoms with Crippen molar-refractivity contribution in [3.8, 4) is 0 Å². The summed E-state index contributed by atoms with van der Waals surface area (Å²) in [5, 5.41) is 13.0. The summed E-state index contributed by atoms with van der Waals surface area (Å²) in [4.78, 5) is 26.4. The Bertz CT molecular complexity index is 926. The number of amides is 1. The van der Waals surface area contributed by atoms with Crippen molar-refractivity contribution in [1.29, 1.82) is 0 Å². The molecule has 0 saturated carbocycles. The number of halogens is 1. The molecule has 0 spiro atoms. The molecular formula is C16H12FN3O4S. The standard InChI is InChI=1S/C16H12FN3O4S/c1-9(25-16-19-12-4-2-3-5-14(12)24-16)15(21)18-10-6-7-11(17)13(8-10)20(22)23/h2-9H,1H3,(H,18,21). The number of para-hydroxylation sites is 2. The number of nitrogens with one attached hydrogen (secondary N) is 1. The Labute approximate surface area is 145 Å². The third-order valence-electron chi connectivity index (χ3n) is 3.33. The first-order chi connectivity index (χ1) is 11.9.